The molecule has 2 N–H and O–H groups in total. The van der Waals surface area contributed by atoms with Crippen LogP contribution in [0.1, 0.15) is 11.1 Å². The van der Waals surface area contributed by atoms with Crippen molar-refractivity contribution in [1.29, 1.82) is 0 Å². The van der Waals surface area contributed by atoms with Crippen LogP contribution >= 0.6 is 0 Å². The van der Waals surface area contributed by atoms with E-state index >= 15 is 0 Å². The van der Waals surface area contributed by atoms with Crippen molar-refractivity contribution in [1.82, 2.24) is 9.97 Å². The summed E-state index contributed by atoms with van der Waals surface area (Å²) in [5.74, 6) is 0.148. The topological polar surface area (TPSA) is 51.8 Å². The Morgan fingerprint density at radius 2 is 2.13 bits per heavy atom. The zero-order valence-corrected chi connectivity index (χ0v) is 8.02. The molecule has 0 aliphatic rings. The highest BCUT2D eigenvalue weighted by atomic mass is 19.1. The van der Waals surface area contributed by atoms with Crippen LogP contribution in [0.5, 0.6) is 0 Å². The third-order valence-electron chi connectivity index (χ3n) is 2.10. The molecule has 0 aliphatic carbocycles. The third-order valence-corrected chi connectivity index (χ3v) is 2.10. The Balaban J connectivity index is 2.26. The standard InChI is InChI=1S/C11H10FN3/c12-10-7-14-3-2-9(10)5-8-1-4-15-11(13)6-8/h1-4,6-7H,5H2,(H2,13,15). The molecule has 0 spiro atoms. The molecule has 0 saturated heterocycles. The summed E-state index contributed by atoms with van der Waals surface area (Å²) in [6.45, 7) is 0. The lowest BCUT2D eigenvalue weighted by Gasteiger charge is -2.03. The Hall–Kier alpha value is -1.97. The predicted octanol–water partition coefficient (Wildman–Crippen LogP) is 1.79. The molecule has 0 aromatic carbocycles. The quantitative estimate of drug-likeness (QED) is 0.809. The number of nitrogen functional groups attached to an aromatic ring is 1. The minimum absolute atomic E-state index is 0.298. The second kappa shape index (κ2) is 4.04. The minimum Gasteiger partial charge on any atom is -0.384 e. The summed E-state index contributed by atoms with van der Waals surface area (Å²) in [6.07, 6.45) is 4.90. The summed E-state index contributed by atoms with van der Waals surface area (Å²) in [6, 6.07) is 5.21. The Labute approximate surface area is 86.8 Å². The van der Waals surface area contributed by atoms with E-state index in [2.05, 4.69) is 9.97 Å². The molecule has 76 valence electrons. The minimum atomic E-state index is -0.298. The van der Waals surface area contributed by atoms with Gasteiger partial charge in [0.15, 0.2) is 0 Å². The van der Waals surface area contributed by atoms with E-state index in [1.54, 1.807) is 24.5 Å². The summed E-state index contributed by atoms with van der Waals surface area (Å²) >= 11 is 0. The SMILES string of the molecule is Nc1cc(Cc2ccncc2F)ccn1. The van der Waals surface area contributed by atoms with Crippen LogP contribution in [0.25, 0.3) is 0 Å². The van der Waals surface area contributed by atoms with E-state index in [4.69, 9.17) is 5.73 Å². The van der Waals surface area contributed by atoms with Gasteiger partial charge in [-0.3, -0.25) is 4.98 Å². The summed E-state index contributed by atoms with van der Waals surface area (Å²) in [5.41, 5.74) is 7.08. The predicted molar refractivity (Wildman–Crippen MR) is 55.7 cm³/mol. The number of pyridine rings is 2. The number of hydrogen-bond donors (Lipinski definition) is 1. The molecule has 0 fully saturated rings. The van der Waals surface area contributed by atoms with Gasteiger partial charge in [-0.2, -0.15) is 0 Å². The van der Waals surface area contributed by atoms with E-state index in [1.165, 1.54) is 6.20 Å². The molecule has 0 bridgehead atoms. The summed E-state index contributed by atoms with van der Waals surface area (Å²) in [4.78, 5) is 7.57. The lowest BCUT2D eigenvalue weighted by atomic mass is 10.1. The monoisotopic (exact) mass is 203 g/mol. The summed E-state index contributed by atoms with van der Waals surface area (Å²) < 4.78 is 13.3. The first-order valence-electron chi connectivity index (χ1n) is 4.54. The first-order valence-corrected chi connectivity index (χ1v) is 4.54. The molecule has 2 rings (SSSR count). The molecular weight excluding hydrogens is 193 g/mol. The van der Waals surface area contributed by atoms with E-state index in [1.807, 2.05) is 6.07 Å². The van der Waals surface area contributed by atoms with Crippen LogP contribution in [-0.4, -0.2) is 9.97 Å². The number of rotatable bonds is 2. The number of hydrogen-bond acceptors (Lipinski definition) is 3. The van der Waals surface area contributed by atoms with Gasteiger partial charge >= 0.3 is 0 Å². The summed E-state index contributed by atoms with van der Waals surface area (Å²) in [7, 11) is 0. The fraction of sp³-hybridized carbons (Fsp3) is 0.0909. The number of nitrogens with two attached hydrogens (primary N) is 1. The number of halogens is 1. The number of aromatic nitrogens is 2. The van der Waals surface area contributed by atoms with Crippen molar-refractivity contribution in [2.75, 3.05) is 5.73 Å². The van der Waals surface area contributed by atoms with E-state index < -0.39 is 0 Å². The molecule has 0 saturated carbocycles. The van der Waals surface area contributed by atoms with E-state index in [0.717, 1.165) is 5.56 Å². The van der Waals surface area contributed by atoms with Gasteiger partial charge in [-0.25, -0.2) is 9.37 Å². The second-order valence-electron chi connectivity index (χ2n) is 3.23. The molecular formula is C11H10FN3. The zero-order valence-electron chi connectivity index (χ0n) is 8.02. The van der Waals surface area contributed by atoms with Gasteiger partial charge in [-0.15, -0.1) is 0 Å². The molecule has 2 aromatic rings. The number of nitrogens with zero attached hydrogens (tertiary/aromatic N) is 2. The Kier molecular flexibility index (Phi) is 2.58. The lowest BCUT2D eigenvalue weighted by Crippen LogP contribution is -1.96. The Morgan fingerprint density at radius 3 is 2.87 bits per heavy atom. The van der Waals surface area contributed by atoms with Gasteiger partial charge in [-0.05, 0) is 29.3 Å². The van der Waals surface area contributed by atoms with Gasteiger partial charge in [0.1, 0.15) is 11.6 Å². The van der Waals surface area contributed by atoms with Gasteiger partial charge in [0.2, 0.25) is 0 Å². The van der Waals surface area contributed by atoms with Crippen molar-refractivity contribution in [2.45, 2.75) is 6.42 Å². The van der Waals surface area contributed by atoms with Crippen molar-refractivity contribution >= 4 is 5.82 Å². The molecule has 2 aromatic heterocycles. The molecule has 3 nitrogen and oxygen atoms in total. The fourth-order valence-electron chi connectivity index (χ4n) is 1.37. The average Bonchev–Trinajstić information content (AvgIpc) is 2.22. The van der Waals surface area contributed by atoms with E-state index in [9.17, 15) is 4.39 Å². The van der Waals surface area contributed by atoms with Crippen molar-refractivity contribution in [3.8, 4) is 0 Å². The van der Waals surface area contributed by atoms with Crippen LogP contribution in [0, 0.1) is 5.82 Å². The maximum atomic E-state index is 13.3. The third kappa shape index (κ3) is 2.28. The highest BCUT2D eigenvalue weighted by Gasteiger charge is 2.02. The van der Waals surface area contributed by atoms with E-state index in [-0.39, 0.29) is 5.82 Å². The van der Waals surface area contributed by atoms with Gasteiger partial charge in [0.05, 0.1) is 6.20 Å². The largest absolute Gasteiger partial charge is 0.384 e. The molecule has 0 amide bonds. The molecule has 0 radical (unpaired) electrons. The second-order valence-corrected chi connectivity index (χ2v) is 3.23. The molecule has 2 heterocycles. The highest BCUT2D eigenvalue weighted by Crippen LogP contribution is 2.12. The molecule has 15 heavy (non-hydrogen) atoms. The van der Waals surface area contributed by atoms with Crippen LogP contribution in [-0.2, 0) is 6.42 Å². The van der Waals surface area contributed by atoms with Crippen LogP contribution in [0.4, 0.5) is 10.2 Å². The van der Waals surface area contributed by atoms with Gasteiger partial charge in [0, 0.05) is 18.8 Å². The first-order chi connectivity index (χ1) is 7.25. The maximum absolute atomic E-state index is 13.3. The molecule has 0 atom stereocenters. The normalized spacial score (nSPS) is 10.2. The van der Waals surface area contributed by atoms with Crippen molar-refractivity contribution in [2.24, 2.45) is 0 Å². The smallest absolute Gasteiger partial charge is 0.145 e. The summed E-state index contributed by atoms with van der Waals surface area (Å²) in [5, 5.41) is 0. The first kappa shape index (κ1) is 9.58. The van der Waals surface area contributed by atoms with Crippen LogP contribution in [0.15, 0.2) is 36.8 Å². The maximum Gasteiger partial charge on any atom is 0.145 e. The highest BCUT2D eigenvalue weighted by molar-refractivity contribution is 5.34. The number of anilines is 1. The van der Waals surface area contributed by atoms with Gasteiger partial charge in [-0.1, -0.05) is 0 Å². The van der Waals surface area contributed by atoms with Gasteiger partial charge in [0.25, 0.3) is 0 Å². The molecule has 0 unspecified atom stereocenters. The molecule has 0 aliphatic heterocycles. The van der Waals surface area contributed by atoms with Crippen LogP contribution < -0.4 is 5.73 Å². The van der Waals surface area contributed by atoms with E-state index in [0.29, 0.717) is 17.8 Å². The lowest BCUT2D eigenvalue weighted by molar-refractivity contribution is 0.607. The average molecular weight is 203 g/mol. The molecule has 4 heteroatoms. The van der Waals surface area contributed by atoms with Crippen LogP contribution in [0.2, 0.25) is 0 Å². The fourth-order valence-corrected chi connectivity index (χ4v) is 1.37. The van der Waals surface area contributed by atoms with Crippen molar-refractivity contribution < 1.29 is 4.39 Å². The zero-order chi connectivity index (χ0) is 10.7. The Morgan fingerprint density at radius 1 is 1.27 bits per heavy atom. The van der Waals surface area contributed by atoms with Crippen molar-refractivity contribution in [3.63, 3.8) is 0 Å². The van der Waals surface area contributed by atoms with Crippen LogP contribution in [0.3, 0.4) is 0 Å². The Bertz CT molecular complexity index is 471. The van der Waals surface area contributed by atoms with Gasteiger partial charge < -0.3 is 5.73 Å². The van der Waals surface area contributed by atoms with Crippen molar-refractivity contribution in [3.05, 3.63) is 53.7 Å².